The lowest BCUT2D eigenvalue weighted by Crippen LogP contribution is -2.40. The molecule has 0 aromatic carbocycles. The zero-order valence-electron chi connectivity index (χ0n) is 5.43. The molecule has 0 amide bonds. The summed E-state index contributed by atoms with van der Waals surface area (Å²) >= 11 is 5.78. The lowest BCUT2D eigenvalue weighted by molar-refractivity contribution is -0.109. The quantitative estimate of drug-likeness (QED) is 0.534. The fraction of sp³-hybridized carbons (Fsp3) is 0.286. The zero-order chi connectivity index (χ0) is 8.54. The molecule has 0 aliphatic heterocycles. The SMILES string of the molecule is O=CC1(Br)C=CC=CC1(F)Br. The molecule has 0 N–H and O–H groups in total. The second-order valence-electron chi connectivity index (χ2n) is 2.23. The molecule has 0 aromatic heterocycles. The highest BCUT2D eigenvalue weighted by molar-refractivity contribution is 9.13. The van der Waals surface area contributed by atoms with Gasteiger partial charge in [-0.15, -0.1) is 0 Å². The molecule has 11 heavy (non-hydrogen) atoms. The van der Waals surface area contributed by atoms with E-state index in [0.717, 1.165) is 0 Å². The van der Waals surface area contributed by atoms with Crippen LogP contribution >= 0.6 is 31.9 Å². The molecule has 1 aliphatic rings. The summed E-state index contributed by atoms with van der Waals surface area (Å²) in [5, 5.41) is 0. The Hall–Kier alpha value is 0.0400. The van der Waals surface area contributed by atoms with Gasteiger partial charge in [0.2, 0.25) is 4.58 Å². The molecule has 1 nitrogen and oxygen atoms in total. The molecule has 0 saturated carbocycles. The second kappa shape index (κ2) is 2.83. The van der Waals surface area contributed by atoms with E-state index in [-0.39, 0.29) is 0 Å². The van der Waals surface area contributed by atoms with Gasteiger partial charge in [-0.2, -0.15) is 0 Å². The maximum atomic E-state index is 13.4. The molecule has 0 bridgehead atoms. The van der Waals surface area contributed by atoms with Crippen LogP contribution in [0, 0.1) is 0 Å². The van der Waals surface area contributed by atoms with E-state index in [1.807, 2.05) is 0 Å². The fourth-order valence-corrected chi connectivity index (χ4v) is 1.39. The molecule has 1 aliphatic carbocycles. The Balaban J connectivity index is 3.06. The van der Waals surface area contributed by atoms with Gasteiger partial charge in [-0.3, -0.25) is 0 Å². The van der Waals surface area contributed by atoms with E-state index in [0.29, 0.717) is 6.29 Å². The van der Waals surface area contributed by atoms with Crippen LogP contribution in [0.25, 0.3) is 0 Å². The summed E-state index contributed by atoms with van der Waals surface area (Å²) in [6.07, 6.45) is 6.40. The topological polar surface area (TPSA) is 17.1 Å². The van der Waals surface area contributed by atoms with Gasteiger partial charge in [-0.05, 0) is 22.0 Å². The summed E-state index contributed by atoms with van der Waals surface area (Å²) in [5.74, 6) is 0. The highest BCUT2D eigenvalue weighted by Crippen LogP contribution is 2.42. The van der Waals surface area contributed by atoms with Crippen LogP contribution in [0.15, 0.2) is 24.3 Å². The first kappa shape index (κ1) is 9.13. The summed E-state index contributed by atoms with van der Waals surface area (Å²) in [5.41, 5.74) is 0. The number of alkyl halides is 3. The van der Waals surface area contributed by atoms with Gasteiger partial charge in [-0.25, -0.2) is 4.39 Å². The van der Waals surface area contributed by atoms with E-state index >= 15 is 0 Å². The third-order valence-electron chi connectivity index (χ3n) is 1.44. The van der Waals surface area contributed by atoms with Crippen LogP contribution in [0.4, 0.5) is 4.39 Å². The van der Waals surface area contributed by atoms with E-state index in [4.69, 9.17) is 0 Å². The van der Waals surface area contributed by atoms with Crippen molar-refractivity contribution < 1.29 is 9.18 Å². The third-order valence-corrected chi connectivity index (χ3v) is 3.92. The highest BCUT2D eigenvalue weighted by Gasteiger charge is 2.46. The van der Waals surface area contributed by atoms with Gasteiger partial charge in [-0.1, -0.05) is 34.2 Å². The van der Waals surface area contributed by atoms with E-state index in [2.05, 4.69) is 31.9 Å². The van der Waals surface area contributed by atoms with Crippen molar-refractivity contribution in [2.24, 2.45) is 0 Å². The predicted molar refractivity (Wildman–Crippen MR) is 48.8 cm³/mol. The number of aldehydes is 1. The minimum absolute atomic E-state index is 0.516. The van der Waals surface area contributed by atoms with Crippen molar-refractivity contribution in [1.29, 1.82) is 0 Å². The molecule has 60 valence electrons. The maximum absolute atomic E-state index is 13.4. The van der Waals surface area contributed by atoms with E-state index < -0.39 is 8.90 Å². The Morgan fingerprint density at radius 3 is 2.18 bits per heavy atom. The number of hydrogen-bond acceptors (Lipinski definition) is 1. The van der Waals surface area contributed by atoms with Crippen molar-refractivity contribution in [2.75, 3.05) is 0 Å². The van der Waals surface area contributed by atoms with Crippen LogP contribution < -0.4 is 0 Å². The van der Waals surface area contributed by atoms with Crippen LogP contribution in [-0.4, -0.2) is 15.2 Å². The summed E-state index contributed by atoms with van der Waals surface area (Å²) < 4.78 is 10.3. The molecule has 4 heteroatoms. The normalized spacial score (nSPS) is 42.5. The Bertz CT molecular complexity index is 235. The molecule has 0 heterocycles. The molecule has 2 atom stereocenters. The summed E-state index contributed by atoms with van der Waals surface area (Å²) in [6, 6.07) is 0. The van der Waals surface area contributed by atoms with Gasteiger partial charge >= 0.3 is 0 Å². The van der Waals surface area contributed by atoms with Crippen LogP contribution in [0.3, 0.4) is 0 Å². The third kappa shape index (κ3) is 1.47. The molecule has 0 fully saturated rings. The van der Waals surface area contributed by atoms with Crippen molar-refractivity contribution in [2.45, 2.75) is 8.90 Å². The molecule has 0 saturated heterocycles. The number of halogens is 3. The predicted octanol–water partition coefficient (Wildman–Crippen LogP) is 2.51. The molecule has 0 radical (unpaired) electrons. The molecule has 1 rings (SSSR count). The number of rotatable bonds is 1. The zero-order valence-corrected chi connectivity index (χ0v) is 8.60. The van der Waals surface area contributed by atoms with Crippen molar-refractivity contribution in [3.05, 3.63) is 24.3 Å². The number of allylic oxidation sites excluding steroid dienone is 4. The van der Waals surface area contributed by atoms with Gasteiger partial charge in [0.25, 0.3) is 0 Å². The fourth-order valence-electron chi connectivity index (χ4n) is 0.729. The first-order valence-electron chi connectivity index (χ1n) is 2.92. The Kier molecular flexibility index (Phi) is 2.35. The molecular formula is C7H5Br2FO. The summed E-state index contributed by atoms with van der Waals surface area (Å²) in [4.78, 5) is 10.5. The molecule has 2 unspecified atom stereocenters. The van der Waals surface area contributed by atoms with Crippen molar-refractivity contribution >= 4 is 38.1 Å². The summed E-state index contributed by atoms with van der Waals surface area (Å²) in [7, 11) is 0. The lowest BCUT2D eigenvalue weighted by atomic mass is 10.0. The Morgan fingerprint density at radius 2 is 1.82 bits per heavy atom. The van der Waals surface area contributed by atoms with E-state index in [1.54, 1.807) is 6.08 Å². The van der Waals surface area contributed by atoms with Gasteiger partial charge in [0, 0.05) is 0 Å². The minimum atomic E-state index is -1.82. The van der Waals surface area contributed by atoms with Gasteiger partial charge in [0.05, 0.1) is 0 Å². The van der Waals surface area contributed by atoms with Crippen LogP contribution in [0.5, 0.6) is 0 Å². The van der Waals surface area contributed by atoms with E-state index in [9.17, 15) is 9.18 Å². The minimum Gasteiger partial charge on any atom is -0.301 e. The van der Waals surface area contributed by atoms with Crippen LogP contribution in [0.1, 0.15) is 0 Å². The number of hydrogen-bond donors (Lipinski definition) is 0. The average Bonchev–Trinajstić information content (AvgIpc) is 1.95. The molecular weight excluding hydrogens is 279 g/mol. The van der Waals surface area contributed by atoms with Crippen LogP contribution in [0.2, 0.25) is 0 Å². The van der Waals surface area contributed by atoms with Crippen molar-refractivity contribution in [3.8, 4) is 0 Å². The van der Waals surface area contributed by atoms with Crippen molar-refractivity contribution in [3.63, 3.8) is 0 Å². The first-order chi connectivity index (χ1) is 5.02. The van der Waals surface area contributed by atoms with Crippen LogP contribution in [-0.2, 0) is 4.79 Å². The first-order valence-corrected chi connectivity index (χ1v) is 4.50. The van der Waals surface area contributed by atoms with Gasteiger partial charge in [0.1, 0.15) is 10.6 Å². The smallest absolute Gasteiger partial charge is 0.208 e. The number of carbonyl (C=O) groups excluding carboxylic acids is 1. The Morgan fingerprint density at radius 1 is 1.27 bits per heavy atom. The van der Waals surface area contributed by atoms with Crippen molar-refractivity contribution in [1.82, 2.24) is 0 Å². The standard InChI is InChI=1S/C7H5Br2FO/c8-6(5-11)3-1-2-4-7(6,9)10/h1-5H. The average molecular weight is 284 g/mol. The monoisotopic (exact) mass is 282 g/mol. The highest BCUT2D eigenvalue weighted by atomic mass is 79.9. The lowest BCUT2D eigenvalue weighted by Gasteiger charge is -2.29. The maximum Gasteiger partial charge on any atom is 0.208 e. The van der Waals surface area contributed by atoms with Gasteiger partial charge < -0.3 is 4.79 Å². The largest absolute Gasteiger partial charge is 0.301 e. The summed E-state index contributed by atoms with van der Waals surface area (Å²) in [6.45, 7) is 0. The second-order valence-corrected chi connectivity index (χ2v) is 4.69. The molecule has 0 spiro atoms. The Labute approximate surface area is 80.6 Å². The number of carbonyl (C=O) groups is 1. The molecule has 0 aromatic rings. The van der Waals surface area contributed by atoms with E-state index in [1.165, 1.54) is 18.2 Å². The van der Waals surface area contributed by atoms with Gasteiger partial charge in [0.15, 0.2) is 0 Å².